The van der Waals surface area contributed by atoms with E-state index in [-0.39, 0.29) is 22.6 Å². The molecule has 0 aliphatic heterocycles. The normalized spacial score (nSPS) is 15.6. The van der Waals surface area contributed by atoms with Gasteiger partial charge in [-0.05, 0) is 25.0 Å². The fraction of sp³-hybridized carbons (Fsp3) is 0.333. The summed E-state index contributed by atoms with van der Waals surface area (Å²) >= 11 is 0. The molecule has 0 N–H and O–H groups in total. The molecule has 1 fully saturated rings. The molecule has 0 radical (unpaired) electrons. The van der Waals surface area contributed by atoms with Gasteiger partial charge in [-0.1, -0.05) is 6.42 Å². The van der Waals surface area contributed by atoms with Gasteiger partial charge in [0.25, 0.3) is 0 Å². The van der Waals surface area contributed by atoms with Gasteiger partial charge in [-0.15, -0.1) is 0 Å². The van der Waals surface area contributed by atoms with E-state index in [4.69, 9.17) is 9.15 Å². The predicted octanol–water partition coefficient (Wildman–Crippen LogP) is 3.52. The van der Waals surface area contributed by atoms with E-state index in [1.54, 1.807) is 0 Å². The molecule has 0 saturated heterocycles. The van der Waals surface area contributed by atoms with Crippen molar-refractivity contribution in [1.82, 2.24) is 0 Å². The van der Waals surface area contributed by atoms with Crippen molar-refractivity contribution in [3.8, 4) is 5.75 Å². The Morgan fingerprint density at radius 2 is 1.95 bits per heavy atom. The van der Waals surface area contributed by atoms with Crippen LogP contribution < -0.4 is 10.4 Å². The Balaban J connectivity index is 1.99. The van der Waals surface area contributed by atoms with Crippen LogP contribution in [0.2, 0.25) is 0 Å². The lowest BCUT2D eigenvalue weighted by molar-refractivity contribution is -0.141. The minimum Gasteiger partial charge on any atom is -0.426 e. The Hall–Kier alpha value is -2.31. The highest BCUT2D eigenvalue weighted by Gasteiger charge is 2.34. The zero-order valence-electron chi connectivity index (χ0n) is 11.3. The molecule has 0 unspecified atom stereocenters. The van der Waals surface area contributed by atoms with Gasteiger partial charge in [0.2, 0.25) is 0 Å². The van der Waals surface area contributed by atoms with Gasteiger partial charge < -0.3 is 9.15 Å². The predicted molar refractivity (Wildman–Crippen MR) is 70.5 cm³/mol. The standard InChI is InChI=1S/C15H11F3O4/c16-15(17,18)11-7-13(19)22-12-6-9(4-5-10(11)12)21-14(20)8-2-1-3-8/h4-8H,1-3H2. The summed E-state index contributed by atoms with van der Waals surface area (Å²) in [5.41, 5.74) is -2.45. The number of carbonyl (C=O) groups is 1. The first kappa shape index (κ1) is 14.6. The van der Waals surface area contributed by atoms with Gasteiger partial charge in [0, 0.05) is 17.5 Å². The molecule has 1 aromatic heterocycles. The van der Waals surface area contributed by atoms with E-state index >= 15 is 0 Å². The van der Waals surface area contributed by atoms with Gasteiger partial charge in [-0.25, -0.2) is 4.79 Å². The summed E-state index contributed by atoms with van der Waals surface area (Å²) in [6, 6.07) is 3.92. The third-order valence-electron chi connectivity index (χ3n) is 3.68. The highest BCUT2D eigenvalue weighted by Crippen LogP contribution is 2.35. The van der Waals surface area contributed by atoms with Gasteiger partial charge in [-0.3, -0.25) is 4.79 Å². The summed E-state index contributed by atoms with van der Waals surface area (Å²) < 4.78 is 48.6. The molecule has 1 saturated carbocycles. The van der Waals surface area contributed by atoms with Crippen molar-refractivity contribution in [2.75, 3.05) is 0 Å². The Bertz CT molecular complexity index is 787. The molecular weight excluding hydrogens is 301 g/mol. The van der Waals surface area contributed by atoms with Crippen LogP contribution in [0.1, 0.15) is 24.8 Å². The lowest BCUT2D eigenvalue weighted by atomic mass is 9.86. The van der Waals surface area contributed by atoms with Crippen molar-refractivity contribution in [2.45, 2.75) is 25.4 Å². The molecule has 22 heavy (non-hydrogen) atoms. The van der Waals surface area contributed by atoms with Crippen molar-refractivity contribution >= 4 is 16.9 Å². The van der Waals surface area contributed by atoms with Crippen molar-refractivity contribution in [1.29, 1.82) is 0 Å². The van der Waals surface area contributed by atoms with Crippen molar-refractivity contribution in [2.24, 2.45) is 5.92 Å². The number of rotatable bonds is 2. The molecule has 4 nitrogen and oxygen atoms in total. The van der Waals surface area contributed by atoms with Crippen LogP contribution in [-0.4, -0.2) is 5.97 Å². The van der Waals surface area contributed by atoms with Crippen LogP contribution in [0.4, 0.5) is 13.2 Å². The molecule has 0 atom stereocenters. The number of halogens is 3. The zero-order valence-corrected chi connectivity index (χ0v) is 11.3. The molecule has 1 aliphatic carbocycles. The number of ether oxygens (including phenoxy) is 1. The number of alkyl halides is 3. The second-order valence-electron chi connectivity index (χ2n) is 5.18. The van der Waals surface area contributed by atoms with Crippen LogP contribution in [0.3, 0.4) is 0 Å². The Morgan fingerprint density at radius 3 is 2.55 bits per heavy atom. The van der Waals surface area contributed by atoms with Crippen LogP contribution in [-0.2, 0) is 11.0 Å². The minimum atomic E-state index is -4.67. The van der Waals surface area contributed by atoms with Gasteiger partial charge >= 0.3 is 17.8 Å². The first-order valence-electron chi connectivity index (χ1n) is 6.71. The van der Waals surface area contributed by atoms with Crippen molar-refractivity contribution in [3.63, 3.8) is 0 Å². The van der Waals surface area contributed by atoms with Crippen molar-refractivity contribution in [3.05, 3.63) is 40.2 Å². The van der Waals surface area contributed by atoms with Crippen LogP contribution in [0.5, 0.6) is 5.75 Å². The van der Waals surface area contributed by atoms with Crippen molar-refractivity contribution < 1.29 is 27.1 Å². The molecule has 2 aromatic rings. The number of hydrogen-bond acceptors (Lipinski definition) is 4. The summed E-state index contributed by atoms with van der Waals surface area (Å²) in [6.07, 6.45) is -2.21. The topological polar surface area (TPSA) is 56.5 Å². The molecule has 7 heteroatoms. The lowest BCUT2D eigenvalue weighted by Crippen LogP contribution is -2.26. The molecule has 0 amide bonds. The average Bonchev–Trinajstić information content (AvgIpc) is 2.33. The number of hydrogen-bond donors (Lipinski definition) is 0. The maximum Gasteiger partial charge on any atom is 0.417 e. The third-order valence-corrected chi connectivity index (χ3v) is 3.68. The monoisotopic (exact) mass is 312 g/mol. The summed E-state index contributed by atoms with van der Waals surface area (Å²) in [6.45, 7) is 0. The average molecular weight is 312 g/mol. The molecule has 1 heterocycles. The molecule has 1 aliphatic rings. The van der Waals surface area contributed by atoms with E-state index in [0.717, 1.165) is 31.4 Å². The van der Waals surface area contributed by atoms with E-state index in [1.165, 1.54) is 6.07 Å². The smallest absolute Gasteiger partial charge is 0.417 e. The summed E-state index contributed by atoms with van der Waals surface area (Å²) in [5, 5.41) is -0.254. The first-order valence-corrected chi connectivity index (χ1v) is 6.71. The van der Waals surface area contributed by atoms with Crippen LogP contribution in [0.15, 0.2) is 33.5 Å². The zero-order chi connectivity index (χ0) is 15.9. The van der Waals surface area contributed by atoms with Gasteiger partial charge in [0.1, 0.15) is 11.3 Å². The minimum absolute atomic E-state index is 0.0619. The first-order chi connectivity index (χ1) is 10.3. The molecule has 3 rings (SSSR count). The molecule has 116 valence electrons. The Labute approximate surface area is 122 Å². The van der Waals surface area contributed by atoms with E-state index < -0.39 is 23.3 Å². The van der Waals surface area contributed by atoms with Gasteiger partial charge in [0.05, 0.1) is 11.5 Å². The second kappa shape index (κ2) is 5.15. The molecule has 0 spiro atoms. The summed E-state index contributed by atoms with van der Waals surface area (Å²) in [4.78, 5) is 23.0. The van der Waals surface area contributed by atoms with Gasteiger partial charge in [-0.2, -0.15) is 13.2 Å². The largest absolute Gasteiger partial charge is 0.426 e. The Morgan fingerprint density at radius 1 is 1.23 bits per heavy atom. The van der Waals surface area contributed by atoms with Gasteiger partial charge in [0.15, 0.2) is 0 Å². The molecular formula is C15H11F3O4. The number of benzene rings is 1. The number of carbonyl (C=O) groups excluding carboxylic acids is 1. The number of esters is 1. The summed E-state index contributed by atoms with van der Waals surface area (Å²) in [5.74, 6) is -0.518. The van der Waals surface area contributed by atoms with Crippen LogP contribution >= 0.6 is 0 Å². The second-order valence-corrected chi connectivity index (χ2v) is 5.18. The highest BCUT2D eigenvalue weighted by molar-refractivity contribution is 5.83. The molecule has 1 aromatic carbocycles. The fourth-order valence-electron chi connectivity index (χ4n) is 2.28. The fourth-order valence-corrected chi connectivity index (χ4v) is 2.28. The Kier molecular flexibility index (Phi) is 3.42. The lowest BCUT2D eigenvalue weighted by Gasteiger charge is -2.22. The quantitative estimate of drug-likeness (QED) is 0.484. The van der Waals surface area contributed by atoms with Crippen LogP contribution in [0, 0.1) is 5.92 Å². The van der Waals surface area contributed by atoms with Crippen LogP contribution in [0.25, 0.3) is 11.0 Å². The maximum absolute atomic E-state index is 12.9. The van der Waals surface area contributed by atoms with E-state index in [2.05, 4.69) is 0 Å². The summed E-state index contributed by atoms with van der Waals surface area (Å²) in [7, 11) is 0. The number of fused-ring (bicyclic) bond motifs is 1. The maximum atomic E-state index is 12.9. The third kappa shape index (κ3) is 2.70. The highest BCUT2D eigenvalue weighted by atomic mass is 19.4. The molecule has 0 bridgehead atoms. The van der Waals surface area contributed by atoms with E-state index in [1.807, 2.05) is 0 Å². The van der Waals surface area contributed by atoms with E-state index in [9.17, 15) is 22.8 Å². The SMILES string of the molecule is O=C(Oc1ccc2c(C(F)(F)F)cc(=O)oc2c1)C1CCC1. The van der Waals surface area contributed by atoms with E-state index in [0.29, 0.717) is 6.07 Å².